The lowest BCUT2D eigenvalue weighted by atomic mass is 9.75. The average Bonchev–Trinajstić information content (AvgIpc) is 3.44. The summed E-state index contributed by atoms with van der Waals surface area (Å²) in [5.74, 6) is 1.25. The number of halogens is 1. The summed E-state index contributed by atoms with van der Waals surface area (Å²) >= 11 is 6.16. The van der Waals surface area contributed by atoms with E-state index in [1.165, 1.54) is 6.39 Å². The molecule has 0 spiro atoms. The summed E-state index contributed by atoms with van der Waals surface area (Å²) in [4.78, 5) is 23.8. The van der Waals surface area contributed by atoms with Gasteiger partial charge in [0, 0.05) is 33.3 Å². The Morgan fingerprint density at radius 2 is 1.97 bits per heavy atom. The summed E-state index contributed by atoms with van der Waals surface area (Å²) < 4.78 is 5.36. The number of aromatic nitrogens is 2. The third kappa shape index (κ3) is 3.37. The number of urea groups is 1. The number of carbonyl (C=O) groups excluding carboxylic acids is 1. The van der Waals surface area contributed by atoms with E-state index >= 15 is 0 Å². The van der Waals surface area contributed by atoms with E-state index in [-0.39, 0.29) is 18.0 Å². The molecule has 7 nitrogen and oxygen atoms in total. The van der Waals surface area contributed by atoms with E-state index in [0.29, 0.717) is 28.7 Å². The van der Waals surface area contributed by atoms with Crippen LogP contribution in [0.4, 0.5) is 16.3 Å². The molecule has 0 saturated heterocycles. The molecule has 2 aliphatic rings. The SMILES string of the molecule is O=C(Nc1cccc(-c2cnco2)c1)N1c2nc(-c3cccc(Cl)c3)ccc2C2C[C@@H](O)C21. The molecule has 3 heterocycles. The fourth-order valence-electron chi connectivity index (χ4n) is 4.69. The maximum atomic E-state index is 13.4. The van der Waals surface area contributed by atoms with Gasteiger partial charge in [0.2, 0.25) is 0 Å². The van der Waals surface area contributed by atoms with Crippen molar-refractivity contribution in [3.8, 4) is 22.6 Å². The first-order valence-corrected chi connectivity index (χ1v) is 11.0. The van der Waals surface area contributed by atoms with Gasteiger partial charge in [-0.1, -0.05) is 41.9 Å². The van der Waals surface area contributed by atoms with Crippen molar-refractivity contribution in [2.75, 3.05) is 10.2 Å². The molecule has 33 heavy (non-hydrogen) atoms. The Morgan fingerprint density at radius 1 is 1.12 bits per heavy atom. The number of nitrogens with one attached hydrogen (secondary N) is 1. The molecule has 0 bridgehead atoms. The third-order valence-electron chi connectivity index (χ3n) is 6.30. The number of amides is 2. The predicted octanol–water partition coefficient (Wildman–Crippen LogP) is 5.33. The van der Waals surface area contributed by atoms with Crippen LogP contribution < -0.4 is 10.2 Å². The molecule has 2 amide bonds. The van der Waals surface area contributed by atoms with Crippen LogP contribution in [0, 0.1) is 0 Å². The van der Waals surface area contributed by atoms with Crippen molar-refractivity contribution in [3.05, 3.63) is 83.8 Å². The van der Waals surface area contributed by atoms with Gasteiger partial charge in [-0.25, -0.2) is 14.8 Å². The molecule has 8 heteroatoms. The summed E-state index contributed by atoms with van der Waals surface area (Å²) in [6.45, 7) is 0. The summed E-state index contributed by atoms with van der Waals surface area (Å²) in [5.41, 5.74) is 3.97. The number of nitrogens with zero attached hydrogens (tertiary/aromatic N) is 3. The molecule has 2 unspecified atom stereocenters. The summed E-state index contributed by atoms with van der Waals surface area (Å²) in [6.07, 6.45) is 3.00. The van der Waals surface area contributed by atoms with Crippen molar-refractivity contribution in [2.24, 2.45) is 0 Å². The molecule has 2 aromatic carbocycles. The summed E-state index contributed by atoms with van der Waals surface area (Å²) in [6, 6.07) is 18.1. The van der Waals surface area contributed by atoms with Gasteiger partial charge in [-0.2, -0.15) is 0 Å². The van der Waals surface area contributed by atoms with Gasteiger partial charge in [0.05, 0.1) is 24.0 Å². The molecule has 164 valence electrons. The van der Waals surface area contributed by atoms with Crippen molar-refractivity contribution in [3.63, 3.8) is 0 Å². The molecule has 6 rings (SSSR count). The molecule has 3 atom stereocenters. The largest absolute Gasteiger partial charge is 0.444 e. The second kappa shape index (κ2) is 7.72. The fourth-order valence-corrected chi connectivity index (χ4v) is 4.88. The van der Waals surface area contributed by atoms with Crippen molar-refractivity contribution in [1.82, 2.24) is 9.97 Å². The van der Waals surface area contributed by atoms with E-state index in [0.717, 1.165) is 22.4 Å². The number of hydrogen-bond acceptors (Lipinski definition) is 5. The highest BCUT2D eigenvalue weighted by molar-refractivity contribution is 6.30. The number of aliphatic hydroxyl groups is 1. The minimum atomic E-state index is -0.593. The number of rotatable bonds is 3. The van der Waals surface area contributed by atoms with Crippen molar-refractivity contribution in [1.29, 1.82) is 0 Å². The Labute approximate surface area is 194 Å². The van der Waals surface area contributed by atoms with E-state index in [4.69, 9.17) is 21.0 Å². The topological polar surface area (TPSA) is 91.5 Å². The first-order chi connectivity index (χ1) is 16.1. The lowest BCUT2D eigenvalue weighted by molar-refractivity contribution is 0.0540. The first kappa shape index (κ1) is 20.0. The van der Waals surface area contributed by atoms with Crippen LogP contribution in [0.25, 0.3) is 22.6 Å². The standard InChI is InChI=1S/C25H19ClN4O3/c26-16-5-1-3-14(9-16)20-8-7-18-19-11-21(31)23(19)30(24(18)29-20)25(32)28-17-6-2-4-15(10-17)22-12-27-13-33-22/h1-10,12-13,19,21,23,31H,11H2,(H,28,32)/t19?,21-,23?/m1/s1. The number of anilines is 2. The van der Waals surface area contributed by atoms with Gasteiger partial charge in [-0.3, -0.25) is 4.90 Å². The molecule has 2 N–H and O–H groups in total. The van der Waals surface area contributed by atoms with Gasteiger partial charge in [0.15, 0.2) is 12.2 Å². The van der Waals surface area contributed by atoms with E-state index in [1.807, 2.05) is 54.6 Å². The lowest BCUT2D eigenvalue weighted by Crippen LogP contribution is -2.55. The number of pyridine rings is 1. The Kier molecular flexibility index (Phi) is 4.67. The van der Waals surface area contributed by atoms with Gasteiger partial charge in [0.1, 0.15) is 5.82 Å². The second-order valence-corrected chi connectivity index (χ2v) is 8.70. The van der Waals surface area contributed by atoms with Gasteiger partial charge in [-0.05, 0) is 36.8 Å². The van der Waals surface area contributed by atoms with Crippen molar-refractivity contribution >= 4 is 29.1 Å². The van der Waals surface area contributed by atoms with Gasteiger partial charge >= 0.3 is 6.03 Å². The van der Waals surface area contributed by atoms with Gasteiger partial charge in [-0.15, -0.1) is 0 Å². The Balaban J connectivity index is 1.34. The quantitative estimate of drug-likeness (QED) is 0.433. The molecule has 1 fully saturated rings. The number of carbonyl (C=O) groups is 1. The Bertz CT molecular complexity index is 1360. The molecule has 0 radical (unpaired) electrons. The highest BCUT2D eigenvalue weighted by atomic mass is 35.5. The lowest BCUT2D eigenvalue weighted by Gasteiger charge is -2.40. The van der Waals surface area contributed by atoms with Gasteiger partial charge < -0.3 is 14.8 Å². The number of aliphatic hydroxyl groups excluding tert-OH is 1. The minimum Gasteiger partial charge on any atom is -0.444 e. The Morgan fingerprint density at radius 3 is 2.76 bits per heavy atom. The molecular weight excluding hydrogens is 440 g/mol. The van der Waals surface area contributed by atoms with E-state index in [9.17, 15) is 9.90 Å². The van der Waals surface area contributed by atoms with Crippen LogP contribution in [0.15, 0.2) is 77.7 Å². The molecule has 1 aliphatic carbocycles. The maximum absolute atomic E-state index is 13.4. The average molecular weight is 459 g/mol. The third-order valence-corrected chi connectivity index (χ3v) is 6.54. The number of hydrogen-bond donors (Lipinski definition) is 2. The number of oxazole rings is 1. The van der Waals surface area contributed by atoms with Crippen LogP contribution in [0.5, 0.6) is 0 Å². The second-order valence-electron chi connectivity index (χ2n) is 8.27. The van der Waals surface area contributed by atoms with E-state index in [1.54, 1.807) is 17.2 Å². The van der Waals surface area contributed by atoms with Crippen LogP contribution in [-0.2, 0) is 0 Å². The van der Waals surface area contributed by atoms with E-state index < -0.39 is 6.10 Å². The summed E-state index contributed by atoms with van der Waals surface area (Å²) in [7, 11) is 0. The zero-order chi connectivity index (χ0) is 22.5. The highest BCUT2D eigenvalue weighted by Gasteiger charge is 2.54. The van der Waals surface area contributed by atoms with Crippen LogP contribution in [0.1, 0.15) is 17.9 Å². The minimum absolute atomic E-state index is 0.0715. The zero-order valence-corrected chi connectivity index (χ0v) is 18.1. The molecule has 1 aliphatic heterocycles. The van der Waals surface area contributed by atoms with Crippen LogP contribution in [0.2, 0.25) is 5.02 Å². The van der Waals surface area contributed by atoms with Crippen LogP contribution in [-0.4, -0.2) is 33.3 Å². The maximum Gasteiger partial charge on any atom is 0.327 e. The smallest absolute Gasteiger partial charge is 0.327 e. The number of fused-ring (bicyclic) bond motifs is 3. The molecule has 4 aromatic rings. The number of benzene rings is 2. The monoisotopic (exact) mass is 458 g/mol. The molecule has 1 saturated carbocycles. The first-order valence-electron chi connectivity index (χ1n) is 10.6. The van der Waals surface area contributed by atoms with Gasteiger partial charge in [0.25, 0.3) is 0 Å². The van der Waals surface area contributed by atoms with Crippen LogP contribution in [0.3, 0.4) is 0 Å². The Hall–Kier alpha value is -3.68. The van der Waals surface area contributed by atoms with Crippen LogP contribution >= 0.6 is 11.6 Å². The van der Waals surface area contributed by atoms with Crippen molar-refractivity contribution < 1.29 is 14.3 Å². The molecular formula is C25H19ClN4O3. The van der Waals surface area contributed by atoms with E-state index in [2.05, 4.69) is 10.3 Å². The zero-order valence-electron chi connectivity index (χ0n) is 17.4. The normalized spacial score (nSPS) is 20.7. The molecule has 2 aromatic heterocycles. The highest BCUT2D eigenvalue weighted by Crippen LogP contribution is 2.51. The van der Waals surface area contributed by atoms with Crippen molar-refractivity contribution in [2.45, 2.75) is 24.5 Å². The predicted molar refractivity (Wildman–Crippen MR) is 125 cm³/mol. The summed E-state index contributed by atoms with van der Waals surface area (Å²) in [5, 5.41) is 14.1. The fraction of sp³-hybridized carbons (Fsp3) is 0.160.